The number of halogens is 1. The van der Waals surface area contributed by atoms with Crippen LogP contribution in [-0.4, -0.2) is 13.0 Å². The molecule has 0 N–H and O–H groups in total. The molecule has 0 saturated carbocycles. The number of carbonyl (C=O) groups is 1. The number of anilines is 1. The molecule has 0 atom stereocenters. The largest absolute Gasteiger partial charge is 0.486 e. The van der Waals surface area contributed by atoms with E-state index < -0.39 is 0 Å². The molecular weight excluding hydrogens is 357 g/mol. The lowest BCUT2D eigenvalue weighted by Crippen LogP contribution is -2.25. The summed E-state index contributed by atoms with van der Waals surface area (Å²) < 4.78 is 24.1. The van der Waals surface area contributed by atoms with Gasteiger partial charge >= 0.3 is 0 Å². The van der Waals surface area contributed by atoms with Crippen molar-refractivity contribution in [3.05, 3.63) is 96.2 Å². The quantitative estimate of drug-likeness (QED) is 0.467. The molecule has 5 heteroatoms. The van der Waals surface area contributed by atoms with Gasteiger partial charge in [0.15, 0.2) is 5.76 Å². The highest BCUT2D eigenvalue weighted by Gasteiger charge is 2.18. The van der Waals surface area contributed by atoms with E-state index in [-0.39, 0.29) is 24.1 Å². The fourth-order valence-electron chi connectivity index (χ4n) is 2.92. The first kappa shape index (κ1) is 17.8. The van der Waals surface area contributed by atoms with Crippen LogP contribution in [0.5, 0.6) is 5.75 Å². The monoisotopic (exact) mass is 375 g/mol. The average molecular weight is 375 g/mol. The van der Waals surface area contributed by atoms with Gasteiger partial charge in [0, 0.05) is 12.7 Å². The van der Waals surface area contributed by atoms with Crippen LogP contribution in [0.3, 0.4) is 0 Å². The van der Waals surface area contributed by atoms with E-state index in [2.05, 4.69) is 0 Å². The van der Waals surface area contributed by atoms with Crippen LogP contribution in [0.15, 0.2) is 83.3 Å². The maximum Gasteiger partial charge on any atom is 0.293 e. The molecule has 1 amide bonds. The predicted molar refractivity (Wildman–Crippen MR) is 106 cm³/mol. The number of fused-ring (bicyclic) bond motifs is 1. The van der Waals surface area contributed by atoms with E-state index in [1.165, 1.54) is 24.3 Å². The summed E-state index contributed by atoms with van der Waals surface area (Å²) in [6.07, 6.45) is 0. The van der Waals surface area contributed by atoms with Gasteiger partial charge in [-0.25, -0.2) is 4.39 Å². The summed E-state index contributed by atoms with van der Waals surface area (Å²) in [6, 6.07) is 22.9. The Balaban J connectivity index is 1.46. The van der Waals surface area contributed by atoms with Crippen molar-refractivity contribution < 1.29 is 18.3 Å². The van der Waals surface area contributed by atoms with Crippen molar-refractivity contribution in [3.8, 4) is 5.75 Å². The van der Waals surface area contributed by atoms with Gasteiger partial charge < -0.3 is 14.1 Å². The van der Waals surface area contributed by atoms with Crippen molar-refractivity contribution in [3.63, 3.8) is 0 Å². The molecule has 0 radical (unpaired) electrons. The van der Waals surface area contributed by atoms with E-state index in [0.717, 1.165) is 16.5 Å². The van der Waals surface area contributed by atoms with Gasteiger partial charge in [-0.2, -0.15) is 0 Å². The number of benzene rings is 3. The van der Waals surface area contributed by atoms with Gasteiger partial charge in [0.2, 0.25) is 0 Å². The van der Waals surface area contributed by atoms with Crippen LogP contribution in [-0.2, 0) is 6.61 Å². The summed E-state index contributed by atoms with van der Waals surface area (Å²) in [5, 5.41) is 2.18. The Bertz CT molecular complexity index is 1120. The maximum absolute atomic E-state index is 12.9. The second kappa shape index (κ2) is 7.56. The Morgan fingerprint density at radius 3 is 2.50 bits per heavy atom. The molecule has 4 rings (SSSR count). The Labute approximate surface area is 161 Å². The molecule has 0 saturated heterocycles. The van der Waals surface area contributed by atoms with E-state index in [9.17, 15) is 9.18 Å². The Morgan fingerprint density at radius 2 is 1.71 bits per heavy atom. The molecule has 4 nitrogen and oxygen atoms in total. The first-order valence-electron chi connectivity index (χ1n) is 8.84. The van der Waals surface area contributed by atoms with E-state index in [1.54, 1.807) is 24.1 Å². The van der Waals surface area contributed by atoms with Crippen molar-refractivity contribution in [2.24, 2.45) is 0 Å². The first-order chi connectivity index (χ1) is 13.6. The molecular formula is C23H18FNO3. The molecule has 0 unspecified atom stereocenters. The number of hydrogen-bond donors (Lipinski definition) is 0. The van der Waals surface area contributed by atoms with Crippen LogP contribution in [0, 0.1) is 5.82 Å². The normalized spacial score (nSPS) is 10.8. The highest BCUT2D eigenvalue weighted by Crippen LogP contribution is 2.23. The van der Waals surface area contributed by atoms with Crippen molar-refractivity contribution in [1.82, 2.24) is 0 Å². The number of amides is 1. The zero-order valence-electron chi connectivity index (χ0n) is 15.3. The fraction of sp³-hybridized carbons (Fsp3) is 0.0870. The third kappa shape index (κ3) is 3.74. The lowest BCUT2D eigenvalue weighted by molar-refractivity contribution is 0.0962. The molecule has 0 aliphatic rings. The molecule has 0 fully saturated rings. The first-order valence-corrected chi connectivity index (χ1v) is 8.84. The van der Waals surface area contributed by atoms with Crippen LogP contribution in [0.4, 0.5) is 10.1 Å². The smallest absolute Gasteiger partial charge is 0.293 e. The summed E-state index contributed by atoms with van der Waals surface area (Å²) >= 11 is 0. The SMILES string of the molecule is CN(C(=O)c1ccc(COc2ccc(F)cc2)o1)c1ccc2ccccc2c1. The molecule has 0 aliphatic carbocycles. The third-order valence-corrected chi connectivity index (χ3v) is 4.49. The van der Waals surface area contributed by atoms with E-state index in [0.29, 0.717) is 11.5 Å². The van der Waals surface area contributed by atoms with Gasteiger partial charge in [-0.3, -0.25) is 4.79 Å². The van der Waals surface area contributed by atoms with E-state index in [1.807, 2.05) is 42.5 Å². The molecule has 28 heavy (non-hydrogen) atoms. The molecule has 3 aromatic carbocycles. The molecule has 140 valence electrons. The van der Waals surface area contributed by atoms with Crippen molar-refractivity contribution in [1.29, 1.82) is 0 Å². The number of ether oxygens (including phenoxy) is 1. The molecule has 0 spiro atoms. The summed E-state index contributed by atoms with van der Waals surface area (Å²) in [6.45, 7) is 0.151. The lowest BCUT2D eigenvalue weighted by atomic mass is 10.1. The molecule has 4 aromatic rings. The molecule has 0 bridgehead atoms. The van der Waals surface area contributed by atoms with Crippen LogP contribution < -0.4 is 9.64 Å². The minimum Gasteiger partial charge on any atom is -0.486 e. The van der Waals surface area contributed by atoms with Crippen LogP contribution in [0.25, 0.3) is 10.8 Å². The topological polar surface area (TPSA) is 42.7 Å². The Morgan fingerprint density at radius 1 is 0.964 bits per heavy atom. The van der Waals surface area contributed by atoms with E-state index in [4.69, 9.17) is 9.15 Å². The van der Waals surface area contributed by atoms with Crippen LogP contribution in [0.2, 0.25) is 0 Å². The average Bonchev–Trinajstić information content (AvgIpc) is 3.21. The third-order valence-electron chi connectivity index (χ3n) is 4.49. The number of rotatable bonds is 5. The van der Waals surface area contributed by atoms with Crippen LogP contribution >= 0.6 is 0 Å². The van der Waals surface area contributed by atoms with Crippen LogP contribution in [0.1, 0.15) is 16.3 Å². The minimum atomic E-state index is -0.324. The van der Waals surface area contributed by atoms with Crippen molar-refractivity contribution >= 4 is 22.4 Å². The van der Waals surface area contributed by atoms with Gasteiger partial charge in [-0.15, -0.1) is 0 Å². The second-order valence-electron chi connectivity index (χ2n) is 6.40. The van der Waals surface area contributed by atoms with Gasteiger partial charge in [0.25, 0.3) is 5.91 Å². The fourth-order valence-corrected chi connectivity index (χ4v) is 2.92. The lowest BCUT2D eigenvalue weighted by Gasteiger charge is -2.16. The highest BCUT2D eigenvalue weighted by atomic mass is 19.1. The number of hydrogen-bond acceptors (Lipinski definition) is 3. The molecule has 0 aliphatic heterocycles. The van der Waals surface area contributed by atoms with Gasteiger partial charge in [-0.05, 0) is 59.3 Å². The molecule has 1 aromatic heterocycles. The number of furan rings is 1. The van der Waals surface area contributed by atoms with E-state index >= 15 is 0 Å². The zero-order valence-corrected chi connectivity index (χ0v) is 15.3. The maximum atomic E-state index is 12.9. The second-order valence-corrected chi connectivity index (χ2v) is 6.40. The summed E-state index contributed by atoms with van der Waals surface area (Å²) in [5.74, 6) is 0.699. The highest BCUT2D eigenvalue weighted by molar-refractivity contribution is 6.04. The Kier molecular flexibility index (Phi) is 4.81. The summed E-state index contributed by atoms with van der Waals surface area (Å²) in [4.78, 5) is 14.3. The minimum absolute atomic E-state index is 0.151. The zero-order chi connectivity index (χ0) is 19.5. The summed E-state index contributed by atoms with van der Waals surface area (Å²) in [5.41, 5.74) is 0.782. The standard InChI is InChI=1S/C23H18FNO3/c1-25(19-9-6-16-4-2-3-5-17(16)14-19)23(26)22-13-12-21(28-22)15-27-20-10-7-18(24)8-11-20/h2-14H,15H2,1H3. The molecule has 1 heterocycles. The Hall–Kier alpha value is -3.60. The summed E-state index contributed by atoms with van der Waals surface area (Å²) in [7, 11) is 1.71. The number of nitrogens with zero attached hydrogens (tertiary/aromatic N) is 1. The number of carbonyl (C=O) groups excluding carboxylic acids is 1. The van der Waals surface area contributed by atoms with Crippen molar-refractivity contribution in [2.75, 3.05) is 11.9 Å². The van der Waals surface area contributed by atoms with Gasteiger partial charge in [0.05, 0.1) is 0 Å². The predicted octanol–water partition coefficient (Wildman–Crippen LogP) is 5.43. The van der Waals surface area contributed by atoms with Crippen molar-refractivity contribution in [2.45, 2.75) is 6.61 Å². The van der Waals surface area contributed by atoms with Gasteiger partial charge in [-0.1, -0.05) is 30.3 Å². The van der Waals surface area contributed by atoms with Gasteiger partial charge in [0.1, 0.15) is 23.9 Å².